The van der Waals surface area contributed by atoms with Gasteiger partial charge >= 0.3 is 0 Å². The van der Waals surface area contributed by atoms with E-state index in [0.717, 1.165) is 5.92 Å². The Balaban J connectivity index is 1.71. The number of aromatic amines is 1. The van der Waals surface area contributed by atoms with Crippen molar-refractivity contribution in [3.63, 3.8) is 0 Å². The average molecular weight is 274 g/mol. The van der Waals surface area contributed by atoms with Crippen LogP contribution in [0.25, 0.3) is 10.9 Å². The van der Waals surface area contributed by atoms with Crippen LogP contribution in [0.4, 0.5) is 0 Å². The molecule has 3 heteroatoms. The third-order valence-electron chi connectivity index (χ3n) is 3.87. The number of piperidine rings is 1. The number of hydrogen-bond acceptors (Lipinski definition) is 2. The zero-order valence-corrected chi connectivity index (χ0v) is 12.5. The van der Waals surface area contributed by atoms with Crippen molar-refractivity contribution in [2.45, 2.75) is 37.9 Å². The smallest absolute Gasteiger partial charge is 0.0456 e. The van der Waals surface area contributed by atoms with Crippen molar-refractivity contribution in [1.29, 1.82) is 0 Å². The second-order valence-corrected chi connectivity index (χ2v) is 7.32. The first kappa shape index (κ1) is 13.1. The van der Waals surface area contributed by atoms with Crippen molar-refractivity contribution in [3.05, 3.63) is 36.0 Å². The zero-order chi connectivity index (χ0) is 13.2. The van der Waals surface area contributed by atoms with E-state index in [4.69, 9.17) is 0 Å². The summed E-state index contributed by atoms with van der Waals surface area (Å²) in [6.45, 7) is 6.98. The summed E-state index contributed by atoms with van der Waals surface area (Å²) < 4.78 is 2.54. The predicted octanol–water partition coefficient (Wildman–Crippen LogP) is 4.40. The van der Waals surface area contributed by atoms with E-state index in [1.165, 1.54) is 42.4 Å². The van der Waals surface area contributed by atoms with E-state index >= 15 is 0 Å². The van der Waals surface area contributed by atoms with Crippen molar-refractivity contribution >= 4 is 22.9 Å². The first-order valence-corrected chi connectivity index (χ1v) is 8.05. The van der Waals surface area contributed by atoms with Gasteiger partial charge in [0.15, 0.2) is 0 Å². The first-order chi connectivity index (χ1) is 9.24. The molecule has 0 unspecified atom stereocenters. The van der Waals surface area contributed by atoms with Gasteiger partial charge in [-0.15, -0.1) is 0 Å². The minimum Gasteiger partial charge on any atom is -0.361 e. The Morgan fingerprint density at radius 1 is 1.21 bits per heavy atom. The fourth-order valence-electron chi connectivity index (χ4n) is 3.00. The molecular formula is C16H22N2S. The molecule has 2 nitrogen and oxygen atoms in total. The van der Waals surface area contributed by atoms with Gasteiger partial charge in [0, 0.05) is 35.4 Å². The molecule has 0 radical (unpaired) electrons. The van der Waals surface area contributed by atoms with Gasteiger partial charge in [-0.25, -0.2) is 0 Å². The molecule has 102 valence electrons. The Morgan fingerprint density at radius 2 is 1.95 bits per heavy atom. The summed E-state index contributed by atoms with van der Waals surface area (Å²) >= 11 is 2.00. The van der Waals surface area contributed by atoms with Crippen LogP contribution in [0.5, 0.6) is 0 Å². The Hall–Kier alpha value is -0.930. The van der Waals surface area contributed by atoms with Crippen molar-refractivity contribution < 1.29 is 0 Å². The number of aromatic nitrogens is 1. The van der Waals surface area contributed by atoms with Gasteiger partial charge in [0.1, 0.15) is 0 Å². The minimum absolute atomic E-state index is 0.699. The summed E-state index contributed by atoms with van der Waals surface area (Å²) in [6.07, 6.45) is 4.78. The van der Waals surface area contributed by atoms with Crippen molar-refractivity contribution in [2.24, 2.45) is 0 Å². The van der Waals surface area contributed by atoms with Gasteiger partial charge in [-0.1, -0.05) is 44.0 Å². The average Bonchev–Trinajstić information content (AvgIpc) is 2.83. The number of nitrogens with one attached hydrogen (secondary N) is 1. The maximum Gasteiger partial charge on any atom is 0.0456 e. The van der Waals surface area contributed by atoms with E-state index in [1.54, 1.807) is 0 Å². The van der Waals surface area contributed by atoms with Gasteiger partial charge in [-0.2, -0.15) is 0 Å². The molecule has 19 heavy (non-hydrogen) atoms. The van der Waals surface area contributed by atoms with E-state index < -0.39 is 0 Å². The van der Waals surface area contributed by atoms with Gasteiger partial charge < -0.3 is 4.98 Å². The number of fused-ring (bicyclic) bond motifs is 1. The summed E-state index contributed by atoms with van der Waals surface area (Å²) in [4.78, 5) is 3.41. The SMILES string of the molecule is CC(C)SN1CCC(c2c[nH]c3ccccc23)CC1. The lowest BCUT2D eigenvalue weighted by Crippen LogP contribution is -2.28. The standard InChI is InChI=1S/C16H22N2S/c1-12(2)19-18-9-7-13(8-10-18)15-11-17-16-6-4-3-5-14(15)16/h3-6,11-13,17H,7-10H2,1-2H3. The summed E-state index contributed by atoms with van der Waals surface area (Å²) in [5.74, 6) is 0.722. The van der Waals surface area contributed by atoms with E-state index in [0.29, 0.717) is 5.25 Å². The molecule has 0 aliphatic carbocycles. The predicted molar refractivity (Wildman–Crippen MR) is 84.6 cm³/mol. The number of benzene rings is 1. The second kappa shape index (κ2) is 5.59. The van der Waals surface area contributed by atoms with Gasteiger partial charge in [0.2, 0.25) is 0 Å². The van der Waals surface area contributed by atoms with Crippen LogP contribution >= 0.6 is 11.9 Å². The monoisotopic (exact) mass is 274 g/mol. The summed E-state index contributed by atoms with van der Waals surface area (Å²) in [5.41, 5.74) is 2.79. The number of nitrogens with zero attached hydrogens (tertiary/aromatic N) is 1. The molecule has 1 fully saturated rings. The molecule has 1 aromatic heterocycles. The molecule has 1 saturated heterocycles. The Kier molecular flexibility index (Phi) is 3.85. The highest BCUT2D eigenvalue weighted by Gasteiger charge is 2.23. The van der Waals surface area contributed by atoms with Crippen molar-refractivity contribution in [2.75, 3.05) is 13.1 Å². The van der Waals surface area contributed by atoms with Crippen LogP contribution in [-0.2, 0) is 0 Å². The molecule has 1 aliphatic heterocycles. The van der Waals surface area contributed by atoms with Gasteiger partial charge in [0.25, 0.3) is 0 Å². The van der Waals surface area contributed by atoms with Crippen molar-refractivity contribution in [3.8, 4) is 0 Å². The number of para-hydroxylation sites is 1. The van der Waals surface area contributed by atoms with Crippen LogP contribution < -0.4 is 0 Å². The Labute approximate surface area is 119 Å². The van der Waals surface area contributed by atoms with Crippen LogP contribution in [0.3, 0.4) is 0 Å². The van der Waals surface area contributed by atoms with Crippen LogP contribution in [0.1, 0.15) is 38.2 Å². The molecule has 2 aromatic rings. The van der Waals surface area contributed by atoms with Crippen LogP contribution in [0.2, 0.25) is 0 Å². The highest BCUT2D eigenvalue weighted by Crippen LogP contribution is 2.35. The van der Waals surface area contributed by atoms with Gasteiger partial charge in [-0.3, -0.25) is 4.31 Å². The van der Waals surface area contributed by atoms with E-state index in [9.17, 15) is 0 Å². The van der Waals surface area contributed by atoms with Gasteiger partial charge in [0.05, 0.1) is 0 Å². The molecule has 1 aliphatic rings. The second-order valence-electron chi connectivity index (χ2n) is 5.65. The van der Waals surface area contributed by atoms with E-state index in [2.05, 4.69) is 53.6 Å². The molecule has 3 rings (SSSR count). The fraction of sp³-hybridized carbons (Fsp3) is 0.500. The zero-order valence-electron chi connectivity index (χ0n) is 11.7. The summed E-state index contributed by atoms with van der Waals surface area (Å²) in [6, 6.07) is 8.66. The van der Waals surface area contributed by atoms with Crippen molar-refractivity contribution in [1.82, 2.24) is 9.29 Å². The van der Waals surface area contributed by atoms with Crippen LogP contribution in [0.15, 0.2) is 30.5 Å². The largest absolute Gasteiger partial charge is 0.361 e. The fourth-order valence-corrected chi connectivity index (χ4v) is 4.02. The van der Waals surface area contributed by atoms with Crippen LogP contribution in [0, 0.1) is 0 Å². The lowest BCUT2D eigenvalue weighted by atomic mass is 9.90. The number of H-pyrrole nitrogens is 1. The third-order valence-corrected chi connectivity index (χ3v) is 4.96. The van der Waals surface area contributed by atoms with E-state index in [-0.39, 0.29) is 0 Å². The summed E-state index contributed by atoms with van der Waals surface area (Å²) in [7, 11) is 0. The molecule has 1 N–H and O–H groups in total. The number of rotatable bonds is 3. The third kappa shape index (κ3) is 2.82. The van der Waals surface area contributed by atoms with Gasteiger partial charge in [-0.05, 0) is 30.4 Å². The topological polar surface area (TPSA) is 19.0 Å². The summed E-state index contributed by atoms with van der Waals surface area (Å²) in [5, 5.41) is 2.11. The highest BCUT2D eigenvalue weighted by atomic mass is 32.2. The lowest BCUT2D eigenvalue weighted by Gasteiger charge is -2.32. The highest BCUT2D eigenvalue weighted by molar-refractivity contribution is 7.97. The minimum atomic E-state index is 0.699. The quantitative estimate of drug-likeness (QED) is 0.836. The normalized spacial score (nSPS) is 18.5. The maximum absolute atomic E-state index is 3.41. The molecule has 0 saturated carbocycles. The molecule has 0 atom stereocenters. The molecule has 1 aromatic carbocycles. The first-order valence-electron chi connectivity index (χ1n) is 7.22. The number of hydrogen-bond donors (Lipinski definition) is 1. The molecule has 0 bridgehead atoms. The lowest BCUT2D eigenvalue weighted by molar-refractivity contribution is 0.346. The molecular weight excluding hydrogens is 252 g/mol. The maximum atomic E-state index is 3.41. The molecule has 2 heterocycles. The van der Waals surface area contributed by atoms with E-state index in [1.807, 2.05) is 11.9 Å². The Bertz CT molecular complexity index is 538. The molecule has 0 amide bonds. The molecule has 0 spiro atoms. The van der Waals surface area contributed by atoms with Crippen LogP contribution in [-0.4, -0.2) is 27.6 Å². The Morgan fingerprint density at radius 3 is 2.68 bits per heavy atom.